The van der Waals surface area contributed by atoms with Crippen molar-refractivity contribution >= 4 is 5.91 Å². The van der Waals surface area contributed by atoms with Crippen LogP contribution in [0.4, 0.5) is 0 Å². The number of hydrogen-bond acceptors (Lipinski definition) is 2. The molecule has 2 fully saturated rings. The van der Waals surface area contributed by atoms with E-state index in [9.17, 15) is 4.79 Å². The first-order chi connectivity index (χ1) is 8.84. The number of carbonyl (C=O) groups excluding carboxylic acids is 1. The summed E-state index contributed by atoms with van der Waals surface area (Å²) in [7, 11) is 0. The van der Waals surface area contributed by atoms with Crippen LogP contribution in [0.5, 0.6) is 0 Å². The minimum atomic E-state index is 0.0969. The number of hydrogen-bond donors (Lipinski definition) is 0. The maximum absolute atomic E-state index is 12.3. The molecule has 1 heterocycles. The van der Waals surface area contributed by atoms with Crippen LogP contribution < -0.4 is 0 Å². The second-order valence-corrected chi connectivity index (χ2v) is 5.27. The van der Waals surface area contributed by atoms with Crippen molar-refractivity contribution in [2.24, 2.45) is 5.92 Å². The van der Waals surface area contributed by atoms with E-state index in [2.05, 4.69) is 0 Å². The normalized spacial score (nSPS) is 27.7. The van der Waals surface area contributed by atoms with E-state index in [-0.39, 0.29) is 5.91 Å². The van der Waals surface area contributed by atoms with E-state index >= 15 is 0 Å². The third-order valence-electron chi connectivity index (χ3n) is 4.05. The van der Waals surface area contributed by atoms with Crippen LogP contribution in [-0.2, 0) is 4.74 Å². The van der Waals surface area contributed by atoms with Crippen molar-refractivity contribution in [2.75, 3.05) is 13.3 Å². The smallest absolute Gasteiger partial charge is 0.255 e. The summed E-state index contributed by atoms with van der Waals surface area (Å²) in [6.45, 7) is 1.31. The third kappa shape index (κ3) is 2.27. The number of fused-ring (bicyclic) bond motifs is 1. The molecule has 2 atom stereocenters. The summed E-state index contributed by atoms with van der Waals surface area (Å²) in [5.41, 5.74) is 0.760. The lowest BCUT2D eigenvalue weighted by atomic mass is 9.85. The summed E-state index contributed by atoms with van der Waals surface area (Å²) in [5, 5.41) is 0. The van der Waals surface area contributed by atoms with Crippen molar-refractivity contribution in [3.8, 4) is 0 Å². The highest BCUT2D eigenvalue weighted by Crippen LogP contribution is 2.31. The second-order valence-electron chi connectivity index (χ2n) is 5.27. The van der Waals surface area contributed by atoms with Crippen LogP contribution >= 0.6 is 0 Å². The van der Waals surface area contributed by atoms with Crippen LogP contribution in [-0.4, -0.2) is 30.2 Å². The first-order valence-corrected chi connectivity index (χ1v) is 6.80. The zero-order chi connectivity index (χ0) is 12.4. The van der Waals surface area contributed by atoms with Gasteiger partial charge in [0.2, 0.25) is 0 Å². The minimum absolute atomic E-state index is 0.0969. The molecule has 1 aliphatic carbocycles. The monoisotopic (exact) mass is 245 g/mol. The zero-order valence-corrected chi connectivity index (χ0v) is 10.5. The summed E-state index contributed by atoms with van der Waals surface area (Å²) >= 11 is 0. The molecule has 1 saturated carbocycles. The zero-order valence-electron chi connectivity index (χ0n) is 10.5. The standard InChI is InChI=1S/C15H19NO2/c17-15(12-6-2-1-3-7-12)16-10-13-8-4-5-9-14(13)18-11-16/h1-3,6-7,13-14H,4-5,8-11H2/t13-,14+/m1/s1. The molecule has 18 heavy (non-hydrogen) atoms. The SMILES string of the molecule is O=C(c1ccccc1)N1CO[C@H]2CCCC[C@@H]2C1. The summed E-state index contributed by atoms with van der Waals surface area (Å²) in [4.78, 5) is 14.2. The predicted molar refractivity (Wildman–Crippen MR) is 69.2 cm³/mol. The molecule has 3 heteroatoms. The van der Waals surface area contributed by atoms with Crippen molar-refractivity contribution in [3.63, 3.8) is 0 Å². The summed E-state index contributed by atoms with van der Waals surface area (Å²) in [5.74, 6) is 0.639. The van der Waals surface area contributed by atoms with Crippen molar-refractivity contribution < 1.29 is 9.53 Å². The molecule has 3 nitrogen and oxygen atoms in total. The molecule has 1 aliphatic heterocycles. The van der Waals surface area contributed by atoms with Gasteiger partial charge in [-0.1, -0.05) is 31.0 Å². The molecule has 3 rings (SSSR count). The largest absolute Gasteiger partial charge is 0.357 e. The van der Waals surface area contributed by atoms with Crippen molar-refractivity contribution in [1.82, 2.24) is 4.90 Å². The molecule has 0 bridgehead atoms. The van der Waals surface area contributed by atoms with Gasteiger partial charge < -0.3 is 9.64 Å². The lowest BCUT2D eigenvalue weighted by Gasteiger charge is -2.41. The number of amides is 1. The Morgan fingerprint density at radius 2 is 1.94 bits per heavy atom. The summed E-state index contributed by atoms with van der Waals surface area (Å²) in [6, 6.07) is 9.48. The Morgan fingerprint density at radius 1 is 1.17 bits per heavy atom. The second kappa shape index (κ2) is 5.11. The van der Waals surface area contributed by atoms with Crippen molar-refractivity contribution in [1.29, 1.82) is 0 Å². The van der Waals surface area contributed by atoms with Gasteiger partial charge in [0.05, 0.1) is 6.10 Å². The van der Waals surface area contributed by atoms with Crippen molar-refractivity contribution in [3.05, 3.63) is 35.9 Å². The van der Waals surface area contributed by atoms with E-state index in [0.29, 0.717) is 18.8 Å². The maximum atomic E-state index is 12.3. The van der Waals surface area contributed by atoms with E-state index in [1.54, 1.807) is 0 Å². The summed E-state index contributed by atoms with van der Waals surface area (Å²) < 4.78 is 5.84. The molecule has 0 spiro atoms. The molecule has 1 saturated heterocycles. The van der Waals surface area contributed by atoms with Gasteiger partial charge >= 0.3 is 0 Å². The Bertz CT molecular complexity index is 418. The quantitative estimate of drug-likeness (QED) is 0.761. The Hall–Kier alpha value is -1.35. The molecule has 1 aromatic carbocycles. The molecular weight excluding hydrogens is 226 g/mol. The Labute approximate surface area is 108 Å². The molecule has 0 N–H and O–H groups in total. The number of ether oxygens (including phenoxy) is 1. The van der Waals surface area contributed by atoms with Crippen LogP contribution in [0.15, 0.2) is 30.3 Å². The Kier molecular flexibility index (Phi) is 3.33. The number of benzene rings is 1. The number of rotatable bonds is 1. The topological polar surface area (TPSA) is 29.5 Å². The van der Waals surface area contributed by atoms with E-state index in [1.165, 1.54) is 19.3 Å². The molecule has 1 amide bonds. The van der Waals surface area contributed by atoms with Crippen LogP contribution in [0, 0.1) is 5.92 Å². The van der Waals surface area contributed by atoms with Gasteiger partial charge in [-0.15, -0.1) is 0 Å². The van der Waals surface area contributed by atoms with Gasteiger partial charge in [-0.25, -0.2) is 0 Å². The Balaban J connectivity index is 1.69. The highest BCUT2D eigenvalue weighted by Gasteiger charge is 2.33. The van der Waals surface area contributed by atoms with Gasteiger partial charge in [0.25, 0.3) is 5.91 Å². The van der Waals surface area contributed by atoms with Gasteiger partial charge in [-0.05, 0) is 25.0 Å². The first-order valence-electron chi connectivity index (χ1n) is 6.80. The fraction of sp³-hybridized carbons (Fsp3) is 0.533. The van der Waals surface area contributed by atoms with Gasteiger partial charge in [0, 0.05) is 18.0 Å². The van der Waals surface area contributed by atoms with Crippen LogP contribution in [0.1, 0.15) is 36.0 Å². The van der Waals surface area contributed by atoms with E-state index in [1.807, 2.05) is 35.2 Å². The number of carbonyl (C=O) groups is 1. The average molecular weight is 245 g/mol. The highest BCUT2D eigenvalue weighted by molar-refractivity contribution is 5.94. The van der Waals surface area contributed by atoms with E-state index < -0.39 is 0 Å². The molecule has 0 aromatic heterocycles. The molecule has 96 valence electrons. The highest BCUT2D eigenvalue weighted by atomic mass is 16.5. The van der Waals surface area contributed by atoms with Crippen LogP contribution in [0.2, 0.25) is 0 Å². The molecule has 0 unspecified atom stereocenters. The minimum Gasteiger partial charge on any atom is -0.357 e. The van der Waals surface area contributed by atoms with Gasteiger partial charge in [-0.2, -0.15) is 0 Å². The predicted octanol–water partition coefficient (Wildman–Crippen LogP) is 2.68. The van der Waals surface area contributed by atoms with Gasteiger partial charge in [0.1, 0.15) is 6.73 Å². The van der Waals surface area contributed by atoms with Gasteiger partial charge in [-0.3, -0.25) is 4.79 Å². The maximum Gasteiger partial charge on any atom is 0.255 e. The molecule has 0 radical (unpaired) electrons. The van der Waals surface area contributed by atoms with Crippen LogP contribution in [0.25, 0.3) is 0 Å². The van der Waals surface area contributed by atoms with E-state index in [4.69, 9.17) is 4.74 Å². The van der Waals surface area contributed by atoms with Crippen LogP contribution in [0.3, 0.4) is 0 Å². The lowest BCUT2D eigenvalue weighted by Crippen LogP contribution is -2.48. The van der Waals surface area contributed by atoms with E-state index in [0.717, 1.165) is 18.5 Å². The van der Waals surface area contributed by atoms with Crippen molar-refractivity contribution in [2.45, 2.75) is 31.8 Å². The molecule has 1 aromatic rings. The van der Waals surface area contributed by atoms with Gasteiger partial charge in [0.15, 0.2) is 0 Å². The number of nitrogens with zero attached hydrogens (tertiary/aromatic N) is 1. The third-order valence-corrected chi connectivity index (χ3v) is 4.05. The first kappa shape index (κ1) is 11.7. The fourth-order valence-corrected chi connectivity index (χ4v) is 3.03. The fourth-order valence-electron chi connectivity index (χ4n) is 3.03. The molecule has 2 aliphatic rings. The summed E-state index contributed by atoms with van der Waals surface area (Å²) in [6.07, 6.45) is 5.30. The Morgan fingerprint density at radius 3 is 2.78 bits per heavy atom. The molecular formula is C15H19NO2. The lowest BCUT2D eigenvalue weighted by molar-refractivity contribution is -0.102. The average Bonchev–Trinajstić information content (AvgIpc) is 2.47.